The Hall–Kier alpha value is -2.43. The summed E-state index contributed by atoms with van der Waals surface area (Å²) >= 11 is 0. The van der Waals surface area contributed by atoms with Gasteiger partial charge in [-0.15, -0.1) is 0 Å². The number of rotatable bonds is 2. The zero-order chi connectivity index (χ0) is 17.4. The molecule has 0 N–H and O–H groups in total. The second kappa shape index (κ2) is 6.14. The summed E-state index contributed by atoms with van der Waals surface area (Å²) in [5, 5.41) is 4.43. The van der Waals surface area contributed by atoms with Gasteiger partial charge < -0.3 is 0 Å². The van der Waals surface area contributed by atoms with Crippen LogP contribution in [0, 0.1) is 0 Å². The molecule has 1 saturated heterocycles. The van der Waals surface area contributed by atoms with Crippen molar-refractivity contribution >= 4 is 11.3 Å². The van der Waals surface area contributed by atoms with Crippen molar-refractivity contribution in [2.24, 2.45) is 0 Å². The van der Waals surface area contributed by atoms with E-state index in [4.69, 9.17) is 0 Å². The van der Waals surface area contributed by atoms with Gasteiger partial charge >= 0.3 is 6.18 Å². The van der Waals surface area contributed by atoms with Crippen molar-refractivity contribution in [1.29, 1.82) is 0 Å². The first kappa shape index (κ1) is 16.1. The van der Waals surface area contributed by atoms with Crippen LogP contribution < -0.4 is 5.01 Å². The highest BCUT2D eigenvalue weighted by Crippen LogP contribution is 2.40. The number of hydrazine groups is 1. The van der Waals surface area contributed by atoms with E-state index in [1.807, 2.05) is 30.3 Å². The van der Waals surface area contributed by atoms with Crippen LogP contribution in [0.15, 0.2) is 60.3 Å². The second-order valence-electron chi connectivity index (χ2n) is 6.48. The van der Waals surface area contributed by atoms with E-state index < -0.39 is 11.7 Å². The van der Waals surface area contributed by atoms with E-state index in [0.29, 0.717) is 12.1 Å². The number of benzene rings is 2. The van der Waals surface area contributed by atoms with Gasteiger partial charge in [-0.1, -0.05) is 30.3 Å². The number of anilines is 1. The number of alkyl halides is 3. The maximum Gasteiger partial charge on any atom is 0.416 e. The van der Waals surface area contributed by atoms with Crippen LogP contribution in [-0.2, 0) is 6.18 Å². The summed E-state index contributed by atoms with van der Waals surface area (Å²) in [5.41, 5.74) is 3.33. The number of allylic oxidation sites excluding steroid dienone is 1. The SMILES string of the molecule is FC(F)(F)c1cccc(C2=C3CCCCN3N(c3ccccc3)C2)c1. The van der Waals surface area contributed by atoms with Crippen LogP contribution in [0.1, 0.15) is 30.4 Å². The van der Waals surface area contributed by atoms with Crippen molar-refractivity contribution in [1.82, 2.24) is 5.01 Å². The molecule has 25 heavy (non-hydrogen) atoms. The van der Waals surface area contributed by atoms with E-state index in [2.05, 4.69) is 10.0 Å². The number of para-hydroxylation sites is 1. The van der Waals surface area contributed by atoms with Gasteiger partial charge in [-0.3, -0.25) is 10.0 Å². The molecule has 2 aromatic carbocycles. The minimum Gasteiger partial charge on any atom is -0.289 e. The van der Waals surface area contributed by atoms with Gasteiger partial charge in [-0.25, -0.2) is 0 Å². The Bertz CT molecular complexity index is 796. The number of hydrogen-bond donors (Lipinski definition) is 0. The predicted molar refractivity (Wildman–Crippen MR) is 92.7 cm³/mol. The van der Waals surface area contributed by atoms with Crippen molar-refractivity contribution in [3.63, 3.8) is 0 Å². The summed E-state index contributed by atoms with van der Waals surface area (Å²) in [5.74, 6) is 0. The molecular formula is C20H19F3N2. The minimum absolute atomic E-state index is 0.585. The third-order valence-electron chi connectivity index (χ3n) is 4.89. The molecule has 2 heterocycles. The van der Waals surface area contributed by atoms with Crippen molar-refractivity contribution in [3.05, 3.63) is 71.4 Å². The lowest BCUT2D eigenvalue weighted by atomic mass is 9.98. The first-order valence-electron chi connectivity index (χ1n) is 8.54. The average molecular weight is 344 g/mol. The van der Waals surface area contributed by atoms with E-state index >= 15 is 0 Å². The summed E-state index contributed by atoms with van der Waals surface area (Å²) in [6.45, 7) is 1.52. The first-order valence-corrected chi connectivity index (χ1v) is 8.54. The van der Waals surface area contributed by atoms with Crippen LogP contribution >= 0.6 is 0 Å². The van der Waals surface area contributed by atoms with Crippen LogP contribution in [0.2, 0.25) is 0 Å². The van der Waals surface area contributed by atoms with Gasteiger partial charge in [0.05, 0.1) is 17.8 Å². The maximum atomic E-state index is 13.1. The van der Waals surface area contributed by atoms with Crippen molar-refractivity contribution in [2.45, 2.75) is 25.4 Å². The summed E-state index contributed by atoms with van der Waals surface area (Å²) in [6, 6.07) is 15.7. The fourth-order valence-corrected chi connectivity index (χ4v) is 3.69. The second-order valence-corrected chi connectivity index (χ2v) is 6.48. The Labute approximate surface area is 145 Å². The maximum absolute atomic E-state index is 13.1. The van der Waals surface area contributed by atoms with Crippen molar-refractivity contribution in [3.8, 4) is 0 Å². The highest BCUT2D eigenvalue weighted by molar-refractivity contribution is 5.76. The molecule has 0 radical (unpaired) electrons. The number of halogens is 3. The Morgan fingerprint density at radius 2 is 1.64 bits per heavy atom. The van der Waals surface area contributed by atoms with Gasteiger partial charge in [0, 0.05) is 17.8 Å². The Morgan fingerprint density at radius 1 is 0.840 bits per heavy atom. The molecule has 0 aliphatic carbocycles. The summed E-state index contributed by atoms with van der Waals surface area (Å²) in [6.07, 6.45) is -1.22. The van der Waals surface area contributed by atoms with Gasteiger partial charge in [0.15, 0.2) is 0 Å². The largest absolute Gasteiger partial charge is 0.416 e. The van der Waals surface area contributed by atoms with Crippen LogP contribution in [0.25, 0.3) is 5.57 Å². The molecular weight excluding hydrogens is 325 g/mol. The monoisotopic (exact) mass is 344 g/mol. The van der Waals surface area contributed by atoms with Gasteiger partial charge in [-0.2, -0.15) is 13.2 Å². The smallest absolute Gasteiger partial charge is 0.289 e. The zero-order valence-corrected chi connectivity index (χ0v) is 13.8. The minimum atomic E-state index is -4.31. The molecule has 0 unspecified atom stereocenters. The third-order valence-corrected chi connectivity index (χ3v) is 4.89. The third kappa shape index (κ3) is 2.99. The number of fused-ring (bicyclic) bond motifs is 1. The van der Waals surface area contributed by atoms with E-state index in [0.717, 1.165) is 48.8 Å². The van der Waals surface area contributed by atoms with Crippen LogP contribution in [0.3, 0.4) is 0 Å². The fraction of sp³-hybridized carbons (Fsp3) is 0.300. The van der Waals surface area contributed by atoms with E-state index in [9.17, 15) is 13.2 Å². The average Bonchev–Trinajstić information content (AvgIpc) is 3.02. The highest BCUT2D eigenvalue weighted by Gasteiger charge is 2.34. The molecule has 0 atom stereocenters. The molecule has 2 aliphatic rings. The summed E-state index contributed by atoms with van der Waals surface area (Å²) < 4.78 is 39.3. The first-order chi connectivity index (χ1) is 12.0. The summed E-state index contributed by atoms with van der Waals surface area (Å²) in [7, 11) is 0. The Kier molecular flexibility index (Phi) is 3.94. The van der Waals surface area contributed by atoms with Crippen molar-refractivity contribution < 1.29 is 13.2 Å². The number of nitrogens with zero attached hydrogens (tertiary/aromatic N) is 2. The normalized spacial score (nSPS) is 17.9. The van der Waals surface area contributed by atoms with Gasteiger partial charge in [0.2, 0.25) is 0 Å². The molecule has 1 fully saturated rings. The highest BCUT2D eigenvalue weighted by atomic mass is 19.4. The lowest BCUT2D eigenvalue weighted by Gasteiger charge is -2.36. The molecule has 0 amide bonds. The topological polar surface area (TPSA) is 6.48 Å². The van der Waals surface area contributed by atoms with Crippen molar-refractivity contribution in [2.75, 3.05) is 18.1 Å². The standard InChI is InChI=1S/C20H19F3N2/c21-20(22,23)16-8-6-7-15(13-16)18-14-25(17-9-2-1-3-10-17)24-12-5-4-11-19(18)24/h1-3,6-10,13H,4-5,11-12,14H2. The molecule has 0 aromatic heterocycles. The number of piperidine rings is 1. The molecule has 0 saturated carbocycles. The number of hydrogen-bond acceptors (Lipinski definition) is 2. The lowest BCUT2D eigenvalue weighted by molar-refractivity contribution is -0.137. The molecule has 0 bridgehead atoms. The van der Waals surface area contributed by atoms with Crippen LogP contribution in [0.5, 0.6) is 0 Å². The molecule has 2 aromatic rings. The molecule has 5 heteroatoms. The Morgan fingerprint density at radius 3 is 2.40 bits per heavy atom. The van der Waals surface area contributed by atoms with E-state index in [-0.39, 0.29) is 0 Å². The van der Waals surface area contributed by atoms with E-state index in [1.165, 1.54) is 12.1 Å². The van der Waals surface area contributed by atoms with E-state index in [1.54, 1.807) is 6.07 Å². The van der Waals surface area contributed by atoms with Crippen LogP contribution in [-0.4, -0.2) is 18.1 Å². The Balaban J connectivity index is 1.74. The van der Waals surface area contributed by atoms with Gasteiger partial charge in [-0.05, 0) is 49.1 Å². The molecule has 2 aliphatic heterocycles. The summed E-state index contributed by atoms with van der Waals surface area (Å²) in [4.78, 5) is 0. The fourth-order valence-electron chi connectivity index (χ4n) is 3.69. The molecule has 0 spiro atoms. The quantitative estimate of drug-likeness (QED) is 0.726. The molecule has 2 nitrogen and oxygen atoms in total. The molecule has 130 valence electrons. The lowest BCUT2D eigenvalue weighted by Crippen LogP contribution is -2.39. The van der Waals surface area contributed by atoms with Gasteiger partial charge in [0.25, 0.3) is 0 Å². The van der Waals surface area contributed by atoms with Crippen LogP contribution in [0.4, 0.5) is 18.9 Å². The van der Waals surface area contributed by atoms with Gasteiger partial charge in [0.1, 0.15) is 0 Å². The zero-order valence-electron chi connectivity index (χ0n) is 13.8. The predicted octanol–water partition coefficient (Wildman–Crippen LogP) is 5.34. The molecule has 4 rings (SSSR count).